The molecular formula is C39H67N3O3. The first-order chi connectivity index (χ1) is 21.4. The van der Waals surface area contributed by atoms with E-state index in [4.69, 9.17) is 4.74 Å². The number of hydrogen-bond donors (Lipinski definition) is 0. The van der Waals surface area contributed by atoms with Gasteiger partial charge in [-0.1, -0.05) is 65.5 Å². The van der Waals surface area contributed by atoms with Crippen molar-refractivity contribution in [1.29, 1.82) is 0 Å². The van der Waals surface area contributed by atoms with Crippen molar-refractivity contribution < 1.29 is 14.3 Å². The quantitative estimate of drug-likeness (QED) is 0.197. The second kappa shape index (κ2) is 14.8. The average Bonchev–Trinajstić information content (AvgIpc) is 3.38. The molecule has 0 aromatic carbocycles. The van der Waals surface area contributed by atoms with E-state index in [0.29, 0.717) is 5.41 Å². The maximum atomic E-state index is 13.1. The molecule has 0 aromatic rings. The monoisotopic (exact) mass is 626 g/mol. The normalized spacial score (nSPS) is 37.0. The van der Waals surface area contributed by atoms with Crippen molar-refractivity contribution in [3.05, 3.63) is 11.6 Å². The molecule has 0 radical (unpaired) electrons. The molecule has 1 heterocycles. The van der Waals surface area contributed by atoms with Crippen molar-refractivity contribution >= 4 is 11.9 Å². The lowest BCUT2D eigenvalue weighted by molar-refractivity contribution is -0.153. The molecule has 5 aliphatic rings. The number of ether oxygens (including phenoxy) is 1. The highest BCUT2D eigenvalue weighted by molar-refractivity contribution is 5.81. The number of esters is 1. The Hall–Kier alpha value is -1.40. The maximum Gasteiger partial charge on any atom is 0.306 e. The third-order valence-electron chi connectivity index (χ3n) is 13.8. The van der Waals surface area contributed by atoms with Gasteiger partial charge in [0.2, 0.25) is 5.91 Å². The van der Waals surface area contributed by atoms with Crippen LogP contribution in [0.15, 0.2) is 11.6 Å². The number of rotatable bonds is 9. The zero-order valence-corrected chi connectivity index (χ0v) is 30.1. The summed E-state index contributed by atoms with van der Waals surface area (Å²) in [5.41, 5.74) is 2.34. The fraction of sp³-hybridized carbons (Fsp3) is 0.897. The van der Waals surface area contributed by atoms with Crippen LogP contribution < -0.4 is 0 Å². The number of likely N-dealkylation sites (N-methyl/N-ethyl adjacent to an activating group) is 2. The van der Waals surface area contributed by atoms with Crippen LogP contribution in [0.3, 0.4) is 0 Å². The van der Waals surface area contributed by atoms with Gasteiger partial charge in [0.25, 0.3) is 0 Å². The Morgan fingerprint density at radius 2 is 1.56 bits per heavy atom. The molecule has 3 saturated carbocycles. The zero-order chi connectivity index (χ0) is 32.4. The molecule has 8 atom stereocenters. The lowest BCUT2D eigenvalue weighted by atomic mass is 9.47. The largest absolute Gasteiger partial charge is 0.462 e. The van der Waals surface area contributed by atoms with Gasteiger partial charge >= 0.3 is 5.97 Å². The van der Waals surface area contributed by atoms with E-state index in [-0.39, 0.29) is 36.2 Å². The molecular weight excluding hydrogens is 558 g/mol. The fourth-order valence-electron chi connectivity index (χ4n) is 10.9. The molecule has 0 bridgehead atoms. The van der Waals surface area contributed by atoms with E-state index in [9.17, 15) is 9.59 Å². The Morgan fingerprint density at radius 1 is 0.867 bits per heavy atom. The van der Waals surface area contributed by atoms with Gasteiger partial charge in [-0.15, -0.1) is 0 Å². The van der Waals surface area contributed by atoms with Crippen LogP contribution in [0, 0.1) is 46.3 Å². The van der Waals surface area contributed by atoms with Crippen LogP contribution in [0.5, 0.6) is 0 Å². The topological polar surface area (TPSA) is 53.1 Å². The van der Waals surface area contributed by atoms with Crippen LogP contribution in [-0.2, 0) is 14.3 Å². The van der Waals surface area contributed by atoms with Gasteiger partial charge in [0, 0.05) is 52.1 Å². The van der Waals surface area contributed by atoms with E-state index >= 15 is 0 Å². The summed E-state index contributed by atoms with van der Waals surface area (Å²) in [4.78, 5) is 32.5. The molecule has 45 heavy (non-hydrogen) atoms. The Labute approximate surface area is 276 Å². The highest BCUT2D eigenvalue weighted by atomic mass is 16.5. The van der Waals surface area contributed by atoms with Crippen molar-refractivity contribution in [1.82, 2.24) is 14.7 Å². The first kappa shape index (κ1) is 34.9. The molecule has 0 N–H and O–H groups in total. The Balaban J connectivity index is 1.13. The number of carbonyl (C=O) groups excluding carboxylic acids is 2. The molecule has 4 unspecified atom stereocenters. The van der Waals surface area contributed by atoms with Crippen molar-refractivity contribution in [2.45, 2.75) is 124 Å². The van der Waals surface area contributed by atoms with Crippen LogP contribution in [0.25, 0.3) is 0 Å². The lowest BCUT2D eigenvalue weighted by Crippen LogP contribution is -2.51. The predicted octanol–water partition coefficient (Wildman–Crippen LogP) is 7.43. The summed E-state index contributed by atoms with van der Waals surface area (Å²) in [6.07, 6.45) is 17.0. The Bertz CT molecular complexity index is 1040. The molecule has 1 saturated heterocycles. The minimum atomic E-state index is -0.197. The van der Waals surface area contributed by atoms with Gasteiger partial charge < -0.3 is 19.4 Å². The molecule has 6 nitrogen and oxygen atoms in total. The first-order valence-corrected chi connectivity index (χ1v) is 18.9. The fourth-order valence-corrected chi connectivity index (χ4v) is 10.9. The van der Waals surface area contributed by atoms with E-state index in [1.54, 1.807) is 5.57 Å². The van der Waals surface area contributed by atoms with E-state index in [1.807, 2.05) is 4.90 Å². The van der Waals surface area contributed by atoms with Crippen LogP contribution in [0.2, 0.25) is 0 Å². The minimum Gasteiger partial charge on any atom is -0.462 e. The molecule has 4 fully saturated rings. The van der Waals surface area contributed by atoms with Crippen LogP contribution in [-0.4, -0.2) is 86.0 Å². The summed E-state index contributed by atoms with van der Waals surface area (Å²) < 4.78 is 6.06. The summed E-state index contributed by atoms with van der Waals surface area (Å²) in [6.45, 7) is 17.8. The number of carbonyl (C=O) groups is 2. The van der Waals surface area contributed by atoms with Gasteiger partial charge in [-0.05, 0) is 105 Å². The number of fused-ring (bicyclic) bond motifs is 5. The van der Waals surface area contributed by atoms with Gasteiger partial charge in [-0.3, -0.25) is 9.59 Å². The van der Waals surface area contributed by atoms with Crippen molar-refractivity contribution in [3.63, 3.8) is 0 Å². The van der Waals surface area contributed by atoms with E-state index in [2.05, 4.69) is 64.6 Å². The molecule has 1 aliphatic heterocycles. The van der Waals surface area contributed by atoms with Crippen LogP contribution >= 0.6 is 0 Å². The molecule has 4 aliphatic carbocycles. The summed E-state index contributed by atoms with van der Waals surface area (Å²) in [6, 6.07) is 0. The molecule has 256 valence electrons. The Morgan fingerprint density at radius 3 is 2.24 bits per heavy atom. The summed E-state index contributed by atoms with van der Waals surface area (Å²) in [7, 11) is 4.23. The highest BCUT2D eigenvalue weighted by Crippen LogP contribution is 2.67. The van der Waals surface area contributed by atoms with Gasteiger partial charge in [0.1, 0.15) is 6.10 Å². The lowest BCUT2D eigenvalue weighted by Gasteiger charge is -2.58. The SMILES string of the molecule is CC(C)CCC[C@@H](C)C1CCC2[C@@H]3CC=C4C[C@@H](OC(=O)CCC(=O)N5CCN(C)CCN(C)CC5)CC[C@]4(C)C3CCC21C. The Kier molecular flexibility index (Phi) is 11.5. The molecule has 5 rings (SSSR count). The first-order valence-electron chi connectivity index (χ1n) is 18.9. The number of hydrogen-bond acceptors (Lipinski definition) is 5. The zero-order valence-electron chi connectivity index (χ0n) is 30.1. The third kappa shape index (κ3) is 7.85. The number of nitrogens with zero attached hydrogens (tertiary/aromatic N) is 3. The van der Waals surface area contributed by atoms with Gasteiger partial charge in [-0.25, -0.2) is 0 Å². The molecule has 1 amide bonds. The smallest absolute Gasteiger partial charge is 0.306 e. The summed E-state index contributed by atoms with van der Waals surface area (Å²) in [5.74, 6) is 4.92. The van der Waals surface area contributed by atoms with E-state index in [0.717, 1.165) is 94.0 Å². The summed E-state index contributed by atoms with van der Waals surface area (Å²) in [5, 5.41) is 0. The van der Waals surface area contributed by atoms with Gasteiger partial charge in [0.15, 0.2) is 0 Å². The second-order valence-corrected chi connectivity index (χ2v) is 17.1. The van der Waals surface area contributed by atoms with E-state index < -0.39 is 0 Å². The van der Waals surface area contributed by atoms with Crippen molar-refractivity contribution in [3.8, 4) is 0 Å². The van der Waals surface area contributed by atoms with Crippen LogP contribution in [0.1, 0.15) is 118 Å². The molecule has 0 spiro atoms. The molecule has 6 heteroatoms. The standard InChI is InChI=1S/C39H67N3O3/c1-28(2)9-8-10-29(3)33-13-14-34-32-12-11-30-27-31(17-19-38(30,4)35(32)18-20-39(33,34)5)45-37(44)16-15-36(43)42-25-23-40(6)21-22-41(7)24-26-42/h11,28-29,31-35H,8-10,12-27H2,1-7H3/t29-,31+,32+,33?,34?,35?,38+,39?/m1/s1. The highest BCUT2D eigenvalue weighted by Gasteiger charge is 2.59. The third-order valence-corrected chi connectivity index (χ3v) is 13.8. The minimum absolute atomic E-state index is 0.0348. The van der Waals surface area contributed by atoms with Crippen molar-refractivity contribution in [2.24, 2.45) is 46.3 Å². The van der Waals surface area contributed by atoms with Gasteiger partial charge in [-0.2, -0.15) is 0 Å². The number of amides is 1. The summed E-state index contributed by atoms with van der Waals surface area (Å²) >= 11 is 0. The maximum absolute atomic E-state index is 13.1. The number of allylic oxidation sites excluding steroid dienone is 1. The predicted molar refractivity (Wildman–Crippen MR) is 184 cm³/mol. The van der Waals surface area contributed by atoms with Crippen LogP contribution in [0.4, 0.5) is 0 Å². The van der Waals surface area contributed by atoms with Gasteiger partial charge in [0.05, 0.1) is 6.42 Å². The van der Waals surface area contributed by atoms with Crippen molar-refractivity contribution in [2.75, 3.05) is 53.4 Å². The van der Waals surface area contributed by atoms with E-state index in [1.165, 1.54) is 51.4 Å². The average molecular weight is 626 g/mol. The molecule has 0 aromatic heterocycles. The second-order valence-electron chi connectivity index (χ2n) is 17.1.